The van der Waals surface area contributed by atoms with E-state index in [-0.39, 0.29) is 12.3 Å². The SMILES string of the molecule is CCCS(=O)(=O)Nc1cc(C)ccc1C#CCN. The zero-order valence-corrected chi connectivity index (χ0v) is 11.5. The van der Waals surface area contributed by atoms with Gasteiger partial charge >= 0.3 is 0 Å². The first-order valence-corrected chi connectivity index (χ1v) is 7.44. The van der Waals surface area contributed by atoms with Crippen LogP contribution in [0.3, 0.4) is 0 Å². The Kier molecular flexibility index (Phi) is 5.20. The van der Waals surface area contributed by atoms with Gasteiger partial charge in [0.25, 0.3) is 0 Å². The Hall–Kier alpha value is -1.51. The fraction of sp³-hybridized carbons (Fsp3) is 0.385. The lowest BCUT2D eigenvalue weighted by Gasteiger charge is -2.10. The van der Waals surface area contributed by atoms with E-state index in [2.05, 4.69) is 16.6 Å². The van der Waals surface area contributed by atoms with E-state index >= 15 is 0 Å². The summed E-state index contributed by atoms with van der Waals surface area (Å²) in [5, 5.41) is 0. The quantitative estimate of drug-likeness (QED) is 0.810. The predicted octanol–water partition coefficient (Wildman–Crippen LogP) is 1.46. The molecule has 0 bridgehead atoms. The van der Waals surface area contributed by atoms with E-state index in [1.807, 2.05) is 19.9 Å². The molecule has 0 aliphatic rings. The number of hydrogen-bond donors (Lipinski definition) is 2. The van der Waals surface area contributed by atoms with Crippen molar-refractivity contribution in [3.63, 3.8) is 0 Å². The Morgan fingerprint density at radius 2 is 2.11 bits per heavy atom. The molecule has 0 spiro atoms. The van der Waals surface area contributed by atoms with Crippen LogP contribution in [0.4, 0.5) is 5.69 Å². The maximum absolute atomic E-state index is 11.8. The van der Waals surface area contributed by atoms with E-state index in [0.29, 0.717) is 17.7 Å². The number of nitrogens with one attached hydrogen (secondary N) is 1. The summed E-state index contributed by atoms with van der Waals surface area (Å²) in [6.45, 7) is 3.97. The van der Waals surface area contributed by atoms with Gasteiger partial charge in [-0.1, -0.05) is 24.8 Å². The molecule has 0 radical (unpaired) electrons. The second kappa shape index (κ2) is 6.43. The second-order valence-electron chi connectivity index (χ2n) is 3.98. The molecule has 0 aromatic heterocycles. The van der Waals surface area contributed by atoms with Crippen LogP contribution < -0.4 is 10.5 Å². The first-order chi connectivity index (χ1) is 8.48. The van der Waals surface area contributed by atoms with E-state index in [9.17, 15) is 8.42 Å². The number of sulfonamides is 1. The summed E-state index contributed by atoms with van der Waals surface area (Å²) in [4.78, 5) is 0. The molecule has 0 aliphatic heterocycles. The summed E-state index contributed by atoms with van der Waals surface area (Å²) in [5.74, 6) is 5.69. The van der Waals surface area contributed by atoms with Crippen LogP contribution in [0.25, 0.3) is 0 Å². The molecule has 0 aliphatic carbocycles. The van der Waals surface area contributed by atoms with Gasteiger partial charge in [-0.15, -0.1) is 0 Å². The van der Waals surface area contributed by atoms with Crippen molar-refractivity contribution < 1.29 is 8.42 Å². The first-order valence-electron chi connectivity index (χ1n) is 5.78. The van der Waals surface area contributed by atoms with Crippen LogP contribution in [-0.4, -0.2) is 20.7 Å². The summed E-state index contributed by atoms with van der Waals surface area (Å²) in [6.07, 6.45) is 0.574. The number of aryl methyl sites for hydroxylation is 1. The molecule has 1 aromatic rings. The predicted molar refractivity (Wildman–Crippen MR) is 74.8 cm³/mol. The highest BCUT2D eigenvalue weighted by atomic mass is 32.2. The molecule has 0 fully saturated rings. The minimum Gasteiger partial charge on any atom is -0.320 e. The van der Waals surface area contributed by atoms with Crippen LogP contribution in [-0.2, 0) is 10.0 Å². The molecule has 0 atom stereocenters. The third-order valence-corrected chi connectivity index (χ3v) is 3.72. The molecule has 1 rings (SSSR count). The largest absolute Gasteiger partial charge is 0.320 e. The van der Waals surface area contributed by atoms with E-state index < -0.39 is 10.0 Å². The molecule has 0 heterocycles. The van der Waals surface area contributed by atoms with Crippen molar-refractivity contribution in [3.05, 3.63) is 29.3 Å². The zero-order valence-electron chi connectivity index (χ0n) is 10.7. The Labute approximate surface area is 109 Å². The summed E-state index contributed by atoms with van der Waals surface area (Å²) in [5.41, 5.74) is 7.46. The van der Waals surface area contributed by atoms with Crippen LogP contribution >= 0.6 is 0 Å². The molecule has 0 unspecified atom stereocenters. The number of benzene rings is 1. The zero-order chi connectivity index (χ0) is 13.6. The van der Waals surface area contributed by atoms with Crippen molar-refractivity contribution in [2.75, 3.05) is 17.0 Å². The topological polar surface area (TPSA) is 72.2 Å². The molecule has 0 saturated carbocycles. The lowest BCUT2D eigenvalue weighted by Crippen LogP contribution is -2.17. The lowest BCUT2D eigenvalue weighted by atomic mass is 10.1. The molecule has 98 valence electrons. The van der Waals surface area contributed by atoms with E-state index in [0.717, 1.165) is 5.56 Å². The van der Waals surface area contributed by atoms with Crippen LogP contribution in [0, 0.1) is 18.8 Å². The molecule has 3 N–H and O–H groups in total. The number of nitrogens with two attached hydrogens (primary N) is 1. The molecule has 1 aromatic carbocycles. The smallest absolute Gasteiger partial charge is 0.232 e. The highest BCUT2D eigenvalue weighted by molar-refractivity contribution is 7.92. The molecule has 18 heavy (non-hydrogen) atoms. The van der Waals surface area contributed by atoms with Gasteiger partial charge in [-0.25, -0.2) is 8.42 Å². The summed E-state index contributed by atoms with van der Waals surface area (Å²) in [7, 11) is -3.30. The normalized spacial score (nSPS) is 10.6. The van der Waals surface area contributed by atoms with Crippen LogP contribution in [0.2, 0.25) is 0 Å². The van der Waals surface area contributed by atoms with Gasteiger partial charge in [-0.05, 0) is 31.0 Å². The van der Waals surface area contributed by atoms with E-state index in [4.69, 9.17) is 5.73 Å². The summed E-state index contributed by atoms with van der Waals surface area (Å²) in [6, 6.07) is 5.45. The third kappa shape index (κ3) is 4.40. The van der Waals surface area contributed by atoms with Gasteiger partial charge in [0, 0.05) is 5.56 Å². The van der Waals surface area contributed by atoms with Crippen molar-refractivity contribution >= 4 is 15.7 Å². The van der Waals surface area contributed by atoms with Gasteiger partial charge in [0.05, 0.1) is 18.0 Å². The maximum Gasteiger partial charge on any atom is 0.232 e. The molecule has 0 amide bonds. The van der Waals surface area contributed by atoms with Crippen molar-refractivity contribution in [3.8, 4) is 11.8 Å². The van der Waals surface area contributed by atoms with Crippen molar-refractivity contribution in [2.45, 2.75) is 20.3 Å². The highest BCUT2D eigenvalue weighted by Crippen LogP contribution is 2.18. The Morgan fingerprint density at radius 1 is 1.39 bits per heavy atom. The van der Waals surface area contributed by atoms with Gasteiger partial charge in [0.2, 0.25) is 10.0 Å². The standard InChI is InChI=1S/C13H18N2O2S/c1-3-9-18(16,17)15-13-10-11(2)6-7-12(13)5-4-8-14/h6-7,10,15H,3,8-9,14H2,1-2H3. The van der Waals surface area contributed by atoms with Crippen LogP contribution in [0.1, 0.15) is 24.5 Å². The Balaban J connectivity index is 3.10. The molecule has 5 heteroatoms. The van der Waals surface area contributed by atoms with E-state index in [1.54, 1.807) is 12.1 Å². The average Bonchev–Trinajstić information content (AvgIpc) is 2.27. The molecule has 0 saturated heterocycles. The second-order valence-corrected chi connectivity index (χ2v) is 5.82. The monoisotopic (exact) mass is 266 g/mol. The number of rotatable bonds is 4. The Morgan fingerprint density at radius 3 is 2.72 bits per heavy atom. The number of hydrogen-bond acceptors (Lipinski definition) is 3. The van der Waals surface area contributed by atoms with Crippen LogP contribution in [0.15, 0.2) is 18.2 Å². The molecule has 4 nitrogen and oxygen atoms in total. The highest BCUT2D eigenvalue weighted by Gasteiger charge is 2.11. The van der Waals surface area contributed by atoms with Gasteiger partial charge < -0.3 is 5.73 Å². The molecular weight excluding hydrogens is 248 g/mol. The summed E-state index contributed by atoms with van der Waals surface area (Å²) < 4.78 is 26.1. The first kappa shape index (κ1) is 14.6. The van der Waals surface area contributed by atoms with Gasteiger partial charge in [-0.2, -0.15) is 0 Å². The fourth-order valence-corrected chi connectivity index (χ4v) is 2.63. The van der Waals surface area contributed by atoms with Crippen molar-refractivity contribution in [2.24, 2.45) is 5.73 Å². The number of anilines is 1. The molecular formula is C13H18N2O2S. The maximum atomic E-state index is 11.8. The lowest BCUT2D eigenvalue weighted by molar-refractivity contribution is 0.600. The minimum atomic E-state index is -3.30. The van der Waals surface area contributed by atoms with Crippen molar-refractivity contribution in [1.82, 2.24) is 0 Å². The summed E-state index contributed by atoms with van der Waals surface area (Å²) >= 11 is 0. The van der Waals surface area contributed by atoms with Gasteiger partial charge in [0.1, 0.15) is 0 Å². The van der Waals surface area contributed by atoms with Crippen LogP contribution in [0.5, 0.6) is 0 Å². The third-order valence-electron chi connectivity index (χ3n) is 2.24. The van der Waals surface area contributed by atoms with Crippen molar-refractivity contribution in [1.29, 1.82) is 0 Å². The Bertz CT molecular complexity index is 568. The fourth-order valence-electron chi connectivity index (χ4n) is 1.49. The van der Waals surface area contributed by atoms with E-state index in [1.165, 1.54) is 0 Å². The average molecular weight is 266 g/mol. The minimum absolute atomic E-state index is 0.102. The van der Waals surface area contributed by atoms with Gasteiger partial charge in [-0.3, -0.25) is 4.72 Å². The van der Waals surface area contributed by atoms with Gasteiger partial charge in [0.15, 0.2) is 0 Å².